The number of benzene rings is 4. The average Bonchev–Trinajstić information content (AvgIpc) is 3.28. The van der Waals surface area contributed by atoms with Gasteiger partial charge in [0, 0.05) is 29.1 Å². The van der Waals surface area contributed by atoms with E-state index in [-0.39, 0.29) is 0 Å². The number of rotatable bonds is 29. The van der Waals surface area contributed by atoms with Gasteiger partial charge in [-0.2, -0.15) is 0 Å². The van der Waals surface area contributed by atoms with Crippen LogP contribution in [0.3, 0.4) is 0 Å². The highest BCUT2D eigenvalue weighted by Crippen LogP contribution is 2.40. The van der Waals surface area contributed by atoms with Crippen molar-refractivity contribution in [1.29, 1.82) is 0 Å². The van der Waals surface area contributed by atoms with Crippen LogP contribution in [-0.2, 0) is 0 Å². The van der Waals surface area contributed by atoms with Crippen molar-refractivity contribution in [3.63, 3.8) is 0 Å². The maximum Gasteiger partial charge on any atom is 0.0314 e. The summed E-state index contributed by atoms with van der Waals surface area (Å²) in [5.74, 6) is 2.94. The van der Waals surface area contributed by atoms with E-state index in [0.717, 1.165) is 23.2 Å². The van der Waals surface area contributed by atoms with Crippen LogP contribution in [0, 0.1) is 11.8 Å². The molecular formula is C58H86N2. The first-order valence-electron chi connectivity index (χ1n) is 25.4. The maximum atomic E-state index is 6.18. The number of unbranched alkanes of at least 4 members (excludes halogenated alkanes) is 14. The van der Waals surface area contributed by atoms with Gasteiger partial charge in [-0.3, -0.25) is 0 Å². The van der Waals surface area contributed by atoms with Gasteiger partial charge in [-0.25, -0.2) is 0 Å². The molecular weight excluding hydrogens is 725 g/mol. The lowest BCUT2D eigenvalue weighted by atomic mass is 9.74. The van der Waals surface area contributed by atoms with Crippen molar-refractivity contribution in [2.75, 3.05) is 11.5 Å². The molecule has 1 aliphatic rings. The summed E-state index contributed by atoms with van der Waals surface area (Å²) in [6, 6.07) is 37.3. The van der Waals surface area contributed by atoms with Crippen LogP contribution in [0.1, 0.15) is 239 Å². The lowest BCUT2D eigenvalue weighted by Gasteiger charge is -2.31. The third-order valence-electron chi connectivity index (χ3n) is 14.5. The summed E-state index contributed by atoms with van der Waals surface area (Å²) >= 11 is 0. The molecule has 5 rings (SSSR count). The van der Waals surface area contributed by atoms with Gasteiger partial charge in [-0.15, -0.1) is 0 Å². The molecule has 4 N–H and O–H groups in total. The fourth-order valence-corrected chi connectivity index (χ4v) is 10.7. The Morgan fingerprint density at radius 1 is 0.367 bits per heavy atom. The van der Waals surface area contributed by atoms with E-state index in [9.17, 15) is 0 Å². The number of hydrogen-bond acceptors (Lipinski definition) is 2. The van der Waals surface area contributed by atoms with Crippen molar-refractivity contribution in [1.82, 2.24) is 0 Å². The minimum atomic E-state index is 0.399. The molecule has 0 amide bonds. The van der Waals surface area contributed by atoms with Crippen LogP contribution in [-0.4, -0.2) is 0 Å². The van der Waals surface area contributed by atoms with Gasteiger partial charge in [0.25, 0.3) is 0 Å². The first-order valence-corrected chi connectivity index (χ1v) is 25.4. The summed E-state index contributed by atoms with van der Waals surface area (Å²) in [7, 11) is 0. The Labute approximate surface area is 369 Å². The van der Waals surface area contributed by atoms with Crippen LogP contribution in [0.25, 0.3) is 0 Å². The molecule has 0 spiro atoms. The predicted octanol–water partition coefficient (Wildman–Crippen LogP) is 17.7. The van der Waals surface area contributed by atoms with Crippen molar-refractivity contribution in [3.8, 4) is 0 Å². The van der Waals surface area contributed by atoms with E-state index in [1.807, 2.05) is 0 Å². The second-order valence-corrected chi connectivity index (χ2v) is 19.0. The van der Waals surface area contributed by atoms with Gasteiger partial charge < -0.3 is 11.5 Å². The largest absolute Gasteiger partial charge is 0.399 e. The highest BCUT2D eigenvalue weighted by Gasteiger charge is 2.25. The van der Waals surface area contributed by atoms with Crippen LogP contribution in [0.5, 0.6) is 0 Å². The van der Waals surface area contributed by atoms with Crippen LogP contribution in [0.2, 0.25) is 0 Å². The molecule has 1 fully saturated rings. The standard InChI is InChI=1S/C58H86N2/c1-4-7-9-11-13-15-17-22-26-56(52-36-41-54(59)42-37-52)48-28-32-50(33-29-48)58(45-40-46(6-3)47-24-20-19-21-25-47)51-34-30-49(31-35-51)57(53-38-43-55(60)44-39-53)27-23-18-16-14-12-10-8-5-2/h28-39,41-44,46-47,56-58H,4-27,40,45,59-60H2,1-3H3. The molecule has 0 saturated heterocycles. The van der Waals surface area contributed by atoms with Gasteiger partial charge in [0.15, 0.2) is 0 Å². The van der Waals surface area contributed by atoms with E-state index in [0.29, 0.717) is 17.8 Å². The van der Waals surface area contributed by atoms with E-state index in [2.05, 4.69) is 118 Å². The molecule has 0 heterocycles. The van der Waals surface area contributed by atoms with Gasteiger partial charge in [0.1, 0.15) is 0 Å². The minimum Gasteiger partial charge on any atom is -0.399 e. The Hall–Kier alpha value is -3.52. The summed E-state index contributed by atoms with van der Waals surface area (Å²) in [5, 5.41) is 0. The van der Waals surface area contributed by atoms with Crippen molar-refractivity contribution in [2.45, 2.75) is 205 Å². The van der Waals surface area contributed by atoms with Gasteiger partial charge in [0.2, 0.25) is 0 Å². The average molecular weight is 811 g/mol. The molecule has 2 nitrogen and oxygen atoms in total. The maximum absolute atomic E-state index is 6.18. The minimum absolute atomic E-state index is 0.399. The number of hydrogen-bond donors (Lipinski definition) is 2. The van der Waals surface area contributed by atoms with Gasteiger partial charge >= 0.3 is 0 Å². The number of nitrogen functional groups attached to an aromatic ring is 2. The lowest BCUT2D eigenvalue weighted by Crippen LogP contribution is -2.18. The first-order chi connectivity index (χ1) is 29.5. The molecule has 60 heavy (non-hydrogen) atoms. The predicted molar refractivity (Wildman–Crippen MR) is 264 cm³/mol. The molecule has 0 radical (unpaired) electrons. The third-order valence-corrected chi connectivity index (χ3v) is 14.5. The van der Waals surface area contributed by atoms with Crippen molar-refractivity contribution < 1.29 is 0 Å². The number of nitrogens with two attached hydrogens (primary N) is 2. The van der Waals surface area contributed by atoms with Crippen LogP contribution in [0.4, 0.5) is 11.4 Å². The Kier molecular flexibility index (Phi) is 21.7. The molecule has 1 aliphatic carbocycles. The van der Waals surface area contributed by atoms with E-state index in [1.165, 1.54) is 200 Å². The molecule has 3 unspecified atom stereocenters. The zero-order chi connectivity index (χ0) is 42.2. The second-order valence-electron chi connectivity index (χ2n) is 19.0. The normalized spacial score (nSPS) is 15.4. The molecule has 0 aromatic heterocycles. The Bertz CT molecular complexity index is 1550. The fourth-order valence-electron chi connectivity index (χ4n) is 10.7. The SMILES string of the molecule is CCCCCCCCCCC(c1ccc(N)cc1)c1ccc(C(CCC(CC)C2CCCCC2)c2ccc(C(CCCCCCCCCC)c3ccc(N)cc3)cc2)cc1. The van der Waals surface area contributed by atoms with E-state index >= 15 is 0 Å². The second kappa shape index (κ2) is 27.4. The van der Waals surface area contributed by atoms with Crippen molar-refractivity contribution in [3.05, 3.63) is 130 Å². The summed E-state index contributed by atoms with van der Waals surface area (Å²) in [6.07, 6.45) is 35.0. The molecule has 328 valence electrons. The van der Waals surface area contributed by atoms with Gasteiger partial charge in [-0.05, 0) is 95.2 Å². The molecule has 4 aromatic carbocycles. The molecule has 0 aliphatic heterocycles. The molecule has 0 bridgehead atoms. The highest BCUT2D eigenvalue weighted by atomic mass is 14.5. The zero-order valence-electron chi connectivity index (χ0n) is 38.7. The summed E-state index contributed by atoms with van der Waals surface area (Å²) in [4.78, 5) is 0. The zero-order valence-corrected chi connectivity index (χ0v) is 38.7. The third kappa shape index (κ3) is 15.7. The Morgan fingerprint density at radius 3 is 1.00 bits per heavy atom. The Balaban J connectivity index is 1.35. The topological polar surface area (TPSA) is 52.0 Å². The lowest BCUT2D eigenvalue weighted by molar-refractivity contribution is 0.225. The number of anilines is 2. The summed E-state index contributed by atoms with van der Waals surface area (Å²) in [5.41, 5.74) is 22.7. The van der Waals surface area contributed by atoms with Crippen LogP contribution >= 0.6 is 0 Å². The summed E-state index contributed by atoms with van der Waals surface area (Å²) in [6.45, 7) is 7.06. The molecule has 2 heteroatoms. The van der Waals surface area contributed by atoms with Crippen molar-refractivity contribution >= 4 is 11.4 Å². The van der Waals surface area contributed by atoms with E-state index in [4.69, 9.17) is 11.5 Å². The van der Waals surface area contributed by atoms with Crippen LogP contribution in [0.15, 0.2) is 97.1 Å². The first kappa shape index (κ1) is 47.5. The van der Waals surface area contributed by atoms with Crippen molar-refractivity contribution in [2.24, 2.45) is 11.8 Å². The fraction of sp³-hybridized carbons (Fsp3) is 0.586. The quantitative estimate of drug-likeness (QED) is 0.0424. The van der Waals surface area contributed by atoms with Crippen LogP contribution < -0.4 is 11.5 Å². The molecule has 4 aromatic rings. The van der Waals surface area contributed by atoms with Gasteiger partial charge in [0.05, 0.1) is 0 Å². The molecule has 3 atom stereocenters. The molecule has 1 saturated carbocycles. The smallest absolute Gasteiger partial charge is 0.0314 e. The van der Waals surface area contributed by atoms with Gasteiger partial charge in [-0.1, -0.05) is 235 Å². The highest BCUT2D eigenvalue weighted by molar-refractivity contribution is 5.45. The summed E-state index contributed by atoms with van der Waals surface area (Å²) < 4.78 is 0. The van der Waals surface area contributed by atoms with E-state index in [1.54, 1.807) is 0 Å². The monoisotopic (exact) mass is 811 g/mol. The Morgan fingerprint density at radius 2 is 0.667 bits per heavy atom. The van der Waals surface area contributed by atoms with E-state index < -0.39 is 0 Å².